The monoisotopic (exact) mass is 334 g/mol. The first-order valence-corrected chi connectivity index (χ1v) is 6.04. The molecule has 0 unspecified atom stereocenters. The molecular weight excluding hydrogens is 328 g/mol. The minimum absolute atomic E-state index is 0.0704. The molecule has 8 nitrogen and oxygen atoms in total. The van der Waals surface area contributed by atoms with Crippen molar-refractivity contribution in [3.63, 3.8) is 0 Å². The largest absolute Gasteiger partial charge is 0.478 e. The van der Waals surface area contributed by atoms with Crippen molar-refractivity contribution in [3.05, 3.63) is 40.3 Å². The van der Waals surface area contributed by atoms with Gasteiger partial charge >= 0.3 is 5.97 Å². The zero-order chi connectivity index (χ0) is 14.5. The van der Waals surface area contributed by atoms with Crippen LogP contribution in [0.25, 0.3) is 5.57 Å². The first-order valence-electron chi connectivity index (χ1n) is 5.25. The van der Waals surface area contributed by atoms with E-state index in [0.717, 1.165) is 0 Å². The molecule has 1 heterocycles. The van der Waals surface area contributed by atoms with Crippen LogP contribution in [-0.4, -0.2) is 31.7 Å². The highest BCUT2D eigenvalue weighted by Gasteiger charge is 2.11. The van der Waals surface area contributed by atoms with E-state index in [-0.39, 0.29) is 17.0 Å². The number of hydrogen-bond acceptors (Lipinski definition) is 6. The molecule has 1 aromatic heterocycles. The van der Waals surface area contributed by atoms with E-state index in [0.29, 0.717) is 10.2 Å². The molecule has 9 heteroatoms. The van der Waals surface area contributed by atoms with Gasteiger partial charge in [0.15, 0.2) is 0 Å². The fourth-order valence-electron chi connectivity index (χ4n) is 1.39. The van der Waals surface area contributed by atoms with Gasteiger partial charge in [-0.25, -0.2) is 4.79 Å². The molecule has 0 aliphatic carbocycles. The molecule has 0 radical (unpaired) electrons. The van der Waals surface area contributed by atoms with Crippen molar-refractivity contribution in [3.8, 4) is 6.07 Å². The van der Waals surface area contributed by atoms with Gasteiger partial charge in [-0.15, -0.1) is 10.2 Å². The number of nitrogens with zero attached hydrogens (tertiary/aromatic N) is 4. The Morgan fingerprint density at radius 1 is 1.55 bits per heavy atom. The normalized spacial score (nSPS) is 10.9. The lowest BCUT2D eigenvalue weighted by Crippen LogP contribution is -2.02. The predicted molar refractivity (Wildman–Crippen MR) is 72.5 cm³/mol. The van der Waals surface area contributed by atoms with Gasteiger partial charge in [0, 0.05) is 10.7 Å². The van der Waals surface area contributed by atoms with E-state index in [2.05, 4.69) is 41.9 Å². The molecule has 0 spiro atoms. The summed E-state index contributed by atoms with van der Waals surface area (Å²) in [5.41, 5.74) is 0.538. The fraction of sp³-hybridized carbons (Fsp3) is 0. The van der Waals surface area contributed by atoms with E-state index in [4.69, 9.17) is 10.4 Å². The first-order chi connectivity index (χ1) is 9.61. The third-order valence-corrected chi connectivity index (χ3v) is 2.78. The minimum Gasteiger partial charge on any atom is -0.478 e. The maximum absolute atomic E-state index is 11.1. The Balaban J connectivity index is 2.31. The Labute approximate surface area is 121 Å². The second-order valence-electron chi connectivity index (χ2n) is 3.54. The van der Waals surface area contributed by atoms with Crippen LogP contribution in [0.2, 0.25) is 0 Å². The standard InChI is InChI=1S/C11H7BrN6O2/c12-7-1-2-9(8(3-7)11(19)20)14-5-6(4-13)10-15-17-18-16-10/h1-3,5,14H,(H,19,20)(H,15,16,17,18). The number of halogens is 1. The van der Waals surface area contributed by atoms with Crippen molar-refractivity contribution in [2.75, 3.05) is 5.32 Å². The van der Waals surface area contributed by atoms with Crippen molar-refractivity contribution >= 4 is 33.2 Å². The fourth-order valence-corrected chi connectivity index (χ4v) is 1.75. The zero-order valence-electron chi connectivity index (χ0n) is 9.83. The minimum atomic E-state index is -1.08. The number of tetrazole rings is 1. The number of carbonyl (C=O) groups is 1. The zero-order valence-corrected chi connectivity index (χ0v) is 11.4. The van der Waals surface area contributed by atoms with Crippen LogP contribution in [0.4, 0.5) is 5.69 Å². The average molecular weight is 335 g/mol. The molecule has 0 bridgehead atoms. The van der Waals surface area contributed by atoms with Crippen molar-refractivity contribution in [1.82, 2.24) is 20.6 Å². The Morgan fingerprint density at radius 3 is 2.95 bits per heavy atom. The first kappa shape index (κ1) is 13.7. The third-order valence-electron chi connectivity index (χ3n) is 2.29. The molecule has 0 saturated carbocycles. The number of H-pyrrole nitrogens is 1. The smallest absolute Gasteiger partial charge is 0.337 e. The molecular formula is C11H7BrN6O2. The quantitative estimate of drug-likeness (QED) is 0.725. The van der Waals surface area contributed by atoms with E-state index in [1.165, 1.54) is 12.3 Å². The molecule has 100 valence electrons. The average Bonchev–Trinajstić information content (AvgIpc) is 2.94. The Kier molecular flexibility index (Phi) is 4.07. The second-order valence-corrected chi connectivity index (χ2v) is 4.46. The molecule has 0 saturated heterocycles. The molecule has 0 fully saturated rings. The summed E-state index contributed by atoms with van der Waals surface area (Å²) in [6.07, 6.45) is 1.32. The number of nitrogens with one attached hydrogen (secondary N) is 2. The number of benzene rings is 1. The molecule has 2 rings (SSSR count). The highest BCUT2D eigenvalue weighted by atomic mass is 79.9. The summed E-state index contributed by atoms with van der Waals surface area (Å²) >= 11 is 3.20. The van der Waals surface area contributed by atoms with E-state index < -0.39 is 5.97 Å². The Morgan fingerprint density at radius 2 is 2.35 bits per heavy atom. The number of carboxylic acids is 1. The number of aromatic nitrogens is 4. The lowest BCUT2D eigenvalue weighted by Gasteiger charge is -2.06. The van der Waals surface area contributed by atoms with Gasteiger partial charge in [-0.05, 0) is 23.4 Å². The van der Waals surface area contributed by atoms with Gasteiger partial charge in [-0.1, -0.05) is 15.9 Å². The summed E-state index contributed by atoms with van der Waals surface area (Å²) in [4.78, 5) is 11.1. The van der Waals surface area contributed by atoms with Gasteiger partial charge in [-0.2, -0.15) is 10.5 Å². The summed E-state index contributed by atoms with van der Waals surface area (Å²) in [7, 11) is 0. The van der Waals surface area contributed by atoms with Crippen LogP contribution in [0.3, 0.4) is 0 Å². The van der Waals surface area contributed by atoms with Gasteiger partial charge < -0.3 is 10.4 Å². The van der Waals surface area contributed by atoms with Crippen LogP contribution in [0.15, 0.2) is 28.9 Å². The van der Waals surface area contributed by atoms with E-state index >= 15 is 0 Å². The number of rotatable bonds is 4. The maximum atomic E-state index is 11.1. The number of anilines is 1. The highest BCUT2D eigenvalue weighted by molar-refractivity contribution is 9.10. The summed E-state index contributed by atoms with van der Waals surface area (Å²) in [5, 5.41) is 33.8. The SMILES string of the molecule is N#CC(=CNc1ccc(Br)cc1C(=O)O)c1nn[nH]n1. The molecule has 1 aromatic carbocycles. The van der Waals surface area contributed by atoms with Gasteiger partial charge in [0.05, 0.1) is 11.3 Å². The summed E-state index contributed by atoms with van der Waals surface area (Å²) < 4.78 is 0.642. The van der Waals surface area contributed by atoms with Crippen molar-refractivity contribution in [1.29, 1.82) is 5.26 Å². The molecule has 0 atom stereocenters. The van der Waals surface area contributed by atoms with Crippen molar-refractivity contribution in [2.24, 2.45) is 0 Å². The number of carboxylic acid groups (broad SMARTS) is 1. The van der Waals surface area contributed by atoms with Crippen LogP contribution < -0.4 is 5.32 Å². The molecule has 20 heavy (non-hydrogen) atoms. The molecule has 3 N–H and O–H groups in total. The van der Waals surface area contributed by atoms with Crippen LogP contribution in [0, 0.1) is 11.3 Å². The van der Waals surface area contributed by atoms with Crippen LogP contribution in [0.5, 0.6) is 0 Å². The Bertz CT molecular complexity index is 704. The van der Waals surface area contributed by atoms with Gasteiger partial charge in [0.2, 0.25) is 5.82 Å². The summed E-state index contributed by atoms with van der Waals surface area (Å²) in [6, 6.07) is 6.61. The summed E-state index contributed by atoms with van der Waals surface area (Å²) in [5.74, 6) is -0.964. The van der Waals surface area contributed by atoms with Gasteiger partial charge in [-0.3, -0.25) is 0 Å². The van der Waals surface area contributed by atoms with Crippen molar-refractivity contribution < 1.29 is 9.90 Å². The molecule has 2 aromatic rings. The molecule has 0 aliphatic rings. The summed E-state index contributed by atoms with van der Waals surface area (Å²) in [6.45, 7) is 0. The lowest BCUT2D eigenvalue weighted by molar-refractivity contribution is 0.0698. The molecule has 0 aliphatic heterocycles. The number of nitriles is 1. The van der Waals surface area contributed by atoms with E-state index in [9.17, 15) is 4.79 Å². The van der Waals surface area contributed by atoms with E-state index in [1.807, 2.05) is 6.07 Å². The van der Waals surface area contributed by atoms with Gasteiger partial charge in [0.25, 0.3) is 0 Å². The predicted octanol–water partition coefficient (Wildman–Crippen LogP) is 1.64. The Hall–Kier alpha value is -2.73. The number of aromatic carboxylic acids is 1. The molecule has 0 amide bonds. The number of allylic oxidation sites excluding steroid dienone is 1. The van der Waals surface area contributed by atoms with Crippen LogP contribution >= 0.6 is 15.9 Å². The lowest BCUT2D eigenvalue weighted by atomic mass is 10.2. The second kappa shape index (κ2) is 5.94. The topological polar surface area (TPSA) is 128 Å². The number of aromatic amines is 1. The van der Waals surface area contributed by atoms with Gasteiger partial charge in [0.1, 0.15) is 11.6 Å². The number of hydrogen-bond donors (Lipinski definition) is 3. The van der Waals surface area contributed by atoms with Crippen molar-refractivity contribution in [2.45, 2.75) is 0 Å². The highest BCUT2D eigenvalue weighted by Crippen LogP contribution is 2.21. The third kappa shape index (κ3) is 2.99. The van der Waals surface area contributed by atoms with Crippen LogP contribution in [0.1, 0.15) is 16.2 Å². The van der Waals surface area contributed by atoms with Crippen LogP contribution in [-0.2, 0) is 0 Å². The van der Waals surface area contributed by atoms with E-state index in [1.54, 1.807) is 12.1 Å². The maximum Gasteiger partial charge on any atom is 0.337 e.